The van der Waals surface area contributed by atoms with Crippen LogP contribution in [0.3, 0.4) is 0 Å². The van der Waals surface area contributed by atoms with Crippen LogP contribution in [0.25, 0.3) is 0 Å². The van der Waals surface area contributed by atoms with Gasteiger partial charge in [-0.3, -0.25) is 4.90 Å². The Balaban J connectivity index is 1.33. The van der Waals surface area contributed by atoms with Crippen LogP contribution in [0.1, 0.15) is 31.2 Å². The van der Waals surface area contributed by atoms with Crippen molar-refractivity contribution in [2.24, 2.45) is 0 Å². The summed E-state index contributed by atoms with van der Waals surface area (Å²) in [6, 6.07) is 17.3. The molecule has 136 valence electrons. The van der Waals surface area contributed by atoms with Crippen molar-refractivity contribution in [2.45, 2.75) is 50.4 Å². The van der Waals surface area contributed by atoms with Gasteiger partial charge in [0.25, 0.3) is 0 Å². The number of hydrogen-bond donors (Lipinski definition) is 2. The Bertz CT molecular complexity index is 736. The maximum atomic E-state index is 13.1. The number of piperidine rings is 1. The van der Waals surface area contributed by atoms with Crippen LogP contribution in [0.15, 0.2) is 54.6 Å². The monoisotopic (exact) mass is 353 g/mol. The van der Waals surface area contributed by atoms with Crippen molar-refractivity contribution in [1.29, 1.82) is 0 Å². The third-order valence-corrected chi connectivity index (χ3v) is 5.53. The van der Waals surface area contributed by atoms with E-state index < -0.39 is 0 Å². The number of fused-ring (bicyclic) bond motifs is 2. The Kier molecular flexibility index (Phi) is 4.89. The Labute approximate surface area is 153 Å². The fraction of sp³-hybridized carbons (Fsp3) is 0.381. The molecule has 5 heteroatoms. The third kappa shape index (κ3) is 3.88. The predicted octanol–water partition coefficient (Wildman–Crippen LogP) is 4.14. The van der Waals surface area contributed by atoms with Crippen LogP contribution in [0, 0.1) is 5.82 Å². The first kappa shape index (κ1) is 17.0. The van der Waals surface area contributed by atoms with Crippen LogP contribution in [0.5, 0.6) is 0 Å². The van der Waals surface area contributed by atoms with Gasteiger partial charge in [-0.2, -0.15) is 0 Å². The number of urea groups is 1. The molecule has 0 radical (unpaired) electrons. The minimum atomic E-state index is -0.191. The molecule has 4 nitrogen and oxygen atoms in total. The van der Waals surface area contributed by atoms with Gasteiger partial charge in [0.05, 0.1) is 0 Å². The number of benzene rings is 2. The molecule has 2 N–H and O–H groups in total. The van der Waals surface area contributed by atoms with Crippen LogP contribution in [-0.2, 0) is 6.54 Å². The quantitative estimate of drug-likeness (QED) is 0.867. The highest BCUT2D eigenvalue weighted by Gasteiger charge is 2.40. The Morgan fingerprint density at radius 2 is 1.65 bits per heavy atom. The van der Waals surface area contributed by atoms with Gasteiger partial charge in [-0.15, -0.1) is 0 Å². The van der Waals surface area contributed by atoms with Gasteiger partial charge in [0.1, 0.15) is 5.82 Å². The number of carbonyl (C=O) groups is 1. The zero-order chi connectivity index (χ0) is 17.9. The molecule has 0 spiro atoms. The maximum Gasteiger partial charge on any atom is 0.319 e. The Morgan fingerprint density at radius 1 is 1.00 bits per heavy atom. The van der Waals surface area contributed by atoms with E-state index in [1.165, 1.54) is 25.0 Å². The van der Waals surface area contributed by atoms with Crippen molar-refractivity contribution in [3.8, 4) is 0 Å². The van der Waals surface area contributed by atoms with Crippen LogP contribution in [0.2, 0.25) is 0 Å². The highest BCUT2D eigenvalue weighted by atomic mass is 19.1. The van der Waals surface area contributed by atoms with Gasteiger partial charge in [0.2, 0.25) is 0 Å². The summed E-state index contributed by atoms with van der Waals surface area (Å²) in [4.78, 5) is 14.8. The molecule has 2 heterocycles. The van der Waals surface area contributed by atoms with E-state index in [1.54, 1.807) is 0 Å². The number of anilines is 1. The van der Waals surface area contributed by atoms with Gasteiger partial charge in [0.15, 0.2) is 0 Å². The van der Waals surface area contributed by atoms with Gasteiger partial charge in [-0.25, -0.2) is 9.18 Å². The molecular weight excluding hydrogens is 329 g/mol. The second-order valence-electron chi connectivity index (χ2n) is 7.32. The molecule has 2 aromatic carbocycles. The van der Waals surface area contributed by atoms with Crippen molar-refractivity contribution >= 4 is 11.7 Å². The van der Waals surface area contributed by atoms with Crippen LogP contribution < -0.4 is 10.6 Å². The lowest BCUT2D eigenvalue weighted by Crippen LogP contribution is -2.50. The standard InChI is InChI=1S/C21H24FN3O/c22-16-8-6-15(7-9-16)14-25-19-10-11-20(25)13-18(12-19)24-21(26)23-17-4-2-1-3-5-17/h1-9,18-20H,10-14H2,(H2,23,24,26)/t18?,19-,20+. The maximum absolute atomic E-state index is 13.1. The second kappa shape index (κ2) is 7.46. The predicted molar refractivity (Wildman–Crippen MR) is 100 cm³/mol. The summed E-state index contributed by atoms with van der Waals surface area (Å²) in [5.74, 6) is -0.191. The van der Waals surface area contributed by atoms with E-state index in [4.69, 9.17) is 0 Å². The zero-order valence-electron chi connectivity index (χ0n) is 14.7. The molecule has 4 rings (SSSR count). The fourth-order valence-electron chi connectivity index (χ4n) is 4.32. The molecule has 2 aliphatic heterocycles. The second-order valence-corrected chi connectivity index (χ2v) is 7.32. The van der Waals surface area contributed by atoms with E-state index in [-0.39, 0.29) is 17.9 Å². The molecule has 2 amide bonds. The number of para-hydroxylation sites is 1. The topological polar surface area (TPSA) is 44.4 Å². The van der Waals surface area contributed by atoms with Gasteiger partial charge >= 0.3 is 6.03 Å². The molecule has 2 bridgehead atoms. The zero-order valence-corrected chi connectivity index (χ0v) is 14.7. The number of halogens is 1. The van der Waals surface area contributed by atoms with Crippen molar-refractivity contribution in [3.63, 3.8) is 0 Å². The molecule has 0 saturated carbocycles. The average Bonchev–Trinajstić information content (AvgIpc) is 2.86. The summed E-state index contributed by atoms with van der Waals surface area (Å²) < 4.78 is 13.1. The molecule has 1 unspecified atom stereocenters. The van der Waals surface area contributed by atoms with Gasteiger partial charge in [-0.1, -0.05) is 30.3 Å². The first-order valence-electron chi connectivity index (χ1n) is 9.30. The van der Waals surface area contributed by atoms with Crippen molar-refractivity contribution in [3.05, 3.63) is 66.0 Å². The minimum Gasteiger partial charge on any atom is -0.335 e. The lowest BCUT2D eigenvalue weighted by Gasteiger charge is -2.39. The molecule has 2 fully saturated rings. The Morgan fingerprint density at radius 3 is 2.31 bits per heavy atom. The van der Waals surface area contributed by atoms with E-state index in [0.29, 0.717) is 12.1 Å². The molecule has 26 heavy (non-hydrogen) atoms. The minimum absolute atomic E-state index is 0.132. The van der Waals surface area contributed by atoms with Gasteiger partial charge in [-0.05, 0) is 55.5 Å². The third-order valence-electron chi connectivity index (χ3n) is 5.53. The normalized spacial score (nSPS) is 25.0. The number of rotatable bonds is 4. The Hall–Kier alpha value is -2.40. The van der Waals surface area contributed by atoms with Crippen LogP contribution in [0.4, 0.5) is 14.9 Å². The van der Waals surface area contributed by atoms with E-state index in [1.807, 2.05) is 42.5 Å². The van der Waals surface area contributed by atoms with Gasteiger partial charge in [0, 0.05) is 30.4 Å². The molecular formula is C21H24FN3O. The summed E-state index contributed by atoms with van der Waals surface area (Å²) in [6.45, 7) is 0.860. The van der Waals surface area contributed by atoms with Crippen molar-refractivity contribution in [2.75, 3.05) is 5.32 Å². The van der Waals surface area contributed by atoms with Crippen LogP contribution >= 0.6 is 0 Å². The summed E-state index contributed by atoms with van der Waals surface area (Å²) in [5.41, 5.74) is 1.96. The number of nitrogens with zero attached hydrogens (tertiary/aromatic N) is 1. The van der Waals surface area contributed by atoms with E-state index >= 15 is 0 Å². The lowest BCUT2D eigenvalue weighted by atomic mass is 9.96. The first-order chi connectivity index (χ1) is 12.7. The number of amides is 2. The molecule has 3 atom stereocenters. The molecule has 2 aliphatic rings. The number of nitrogens with one attached hydrogen (secondary N) is 2. The van der Waals surface area contributed by atoms with Crippen molar-refractivity contribution < 1.29 is 9.18 Å². The molecule has 0 aromatic heterocycles. The summed E-state index contributed by atoms with van der Waals surface area (Å²) in [5, 5.41) is 6.03. The lowest BCUT2D eigenvalue weighted by molar-refractivity contribution is 0.112. The highest BCUT2D eigenvalue weighted by molar-refractivity contribution is 5.89. The largest absolute Gasteiger partial charge is 0.335 e. The van der Waals surface area contributed by atoms with Gasteiger partial charge < -0.3 is 10.6 Å². The SMILES string of the molecule is O=C(Nc1ccccc1)NC1C[C@H]2CC[C@@H](C1)N2Cc1ccc(F)cc1. The summed E-state index contributed by atoms with van der Waals surface area (Å²) >= 11 is 0. The first-order valence-corrected chi connectivity index (χ1v) is 9.30. The van der Waals surface area contributed by atoms with E-state index in [0.717, 1.165) is 30.6 Å². The van der Waals surface area contributed by atoms with Crippen LogP contribution in [-0.4, -0.2) is 29.1 Å². The molecule has 0 aliphatic carbocycles. The molecule has 2 aromatic rings. The fourth-order valence-corrected chi connectivity index (χ4v) is 4.32. The summed E-state index contributed by atoms with van der Waals surface area (Å²) in [7, 11) is 0. The average molecular weight is 353 g/mol. The van der Waals surface area contributed by atoms with E-state index in [9.17, 15) is 9.18 Å². The summed E-state index contributed by atoms with van der Waals surface area (Å²) in [6.07, 6.45) is 4.29. The highest BCUT2D eigenvalue weighted by Crippen LogP contribution is 2.36. The van der Waals surface area contributed by atoms with E-state index in [2.05, 4.69) is 15.5 Å². The number of carbonyl (C=O) groups excluding carboxylic acids is 1. The molecule has 2 saturated heterocycles. The van der Waals surface area contributed by atoms with Crippen molar-refractivity contribution in [1.82, 2.24) is 10.2 Å². The number of hydrogen-bond acceptors (Lipinski definition) is 2. The smallest absolute Gasteiger partial charge is 0.319 e.